The van der Waals surface area contributed by atoms with Crippen molar-refractivity contribution in [3.63, 3.8) is 0 Å². The summed E-state index contributed by atoms with van der Waals surface area (Å²) in [4.78, 5) is 32.5. The van der Waals surface area contributed by atoms with Crippen LogP contribution in [0.1, 0.15) is 21.5 Å². The maximum absolute atomic E-state index is 12.3. The van der Waals surface area contributed by atoms with Crippen LogP contribution in [-0.4, -0.2) is 26.0 Å². The standard InChI is InChI=1S/C19H14N4O6/c1-11-3-4-12(2)16(7-11)17-5-6-18(21-20-17)29-19(24)13-8-14(22(25)26)10-15(9-13)23(27)28/h3-10H,1-2H3. The predicted molar refractivity (Wildman–Crippen MR) is 102 cm³/mol. The van der Waals surface area contributed by atoms with Gasteiger partial charge < -0.3 is 4.74 Å². The van der Waals surface area contributed by atoms with Gasteiger partial charge >= 0.3 is 5.97 Å². The van der Waals surface area contributed by atoms with E-state index in [4.69, 9.17) is 4.74 Å². The minimum absolute atomic E-state index is 0.141. The lowest BCUT2D eigenvalue weighted by Gasteiger charge is -2.07. The number of aromatic nitrogens is 2. The van der Waals surface area contributed by atoms with E-state index >= 15 is 0 Å². The molecular weight excluding hydrogens is 380 g/mol. The van der Waals surface area contributed by atoms with Crippen molar-refractivity contribution in [2.45, 2.75) is 13.8 Å². The van der Waals surface area contributed by atoms with E-state index in [1.54, 1.807) is 6.07 Å². The quantitative estimate of drug-likeness (QED) is 0.362. The Morgan fingerprint density at radius 1 is 0.897 bits per heavy atom. The van der Waals surface area contributed by atoms with Gasteiger partial charge in [-0.2, -0.15) is 0 Å². The molecule has 1 heterocycles. The third-order valence-electron chi connectivity index (χ3n) is 4.07. The highest BCUT2D eigenvalue weighted by molar-refractivity contribution is 5.92. The predicted octanol–water partition coefficient (Wildman–Crippen LogP) is 3.80. The molecule has 0 N–H and O–H groups in total. The monoisotopic (exact) mass is 394 g/mol. The highest BCUT2D eigenvalue weighted by Gasteiger charge is 2.21. The molecule has 146 valence electrons. The second-order valence-corrected chi connectivity index (χ2v) is 6.22. The van der Waals surface area contributed by atoms with Crippen LogP contribution < -0.4 is 4.74 Å². The zero-order valence-electron chi connectivity index (χ0n) is 15.4. The summed E-state index contributed by atoms with van der Waals surface area (Å²) in [5, 5.41) is 29.8. The highest BCUT2D eigenvalue weighted by atomic mass is 16.6. The Morgan fingerprint density at radius 3 is 2.10 bits per heavy atom. The normalized spacial score (nSPS) is 10.4. The van der Waals surface area contributed by atoms with Crippen LogP contribution in [0.4, 0.5) is 11.4 Å². The Labute approximate surface area is 164 Å². The number of carbonyl (C=O) groups is 1. The van der Waals surface area contributed by atoms with Gasteiger partial charge in [-0.3, -0.25) is 20.2 Å². The molecular formula is C19H14N4O6. The Kier molecular flexibility index (Phi) is 5.26. The van der Waals surface area contributed by atoms with Crippen LogP contribution in [0.3, 0.4) is 0 Å². The van der Waals surface area contributed by atoms with Crippen molar-refractivity contribution in [3.05, 3.63) is 85.4 Å². The van der Waals surface area contributed by atoms with Crippen LogP contribution >= 0.6 is 0 Å². The first-order valence-corrected chi connectivity index (χ1v) is 8.32. The number of ether oxygens (including phenoxy) is 1. The van der Waals surface area contributed by atoms with Gasteiger partial charge in [0.25, 0.3) is 11.4 Å². The second kappa shape index (κ2) is 7.80. The zero-order chi connectivity index (χ0) is 21.1. The van der Waals surface area contributed by atoms with Gasteiger partial charge in [0.15, 0.2) is 0 Å². The topological polar surface area (TPSA) is 138 Å². The molecule has 0 unspecified atom stereocenters. The molecule has 0 saturated heterocycles. The van der Waals surface area contributed by atoms with Crippen molar-refractivity contribution in [2.75, 3.05) is 0 Å². The third-order valence-corrected chi connectivity index (χ3v) is 4.07. The number of hydrogen-bond donors (Lipinski definition) is 0. The Morgan fingerprint density at radius 2 is 1.55 bits per heavy atom. The van der Waals surface area contributed by atoms with Crippen molar-refractivity contribution >= 4 is 17.3 Å². The first-order chi connectivity index (χ1) is 13.7. The molecule has 3 aromatic rings. The molecule has 0 fully saturated rings. The van der Waals surface area contributed by atoms with E-state index in [1.807, 2.05) is 32.0 Å². The van der Waals surface area contributed by atoms with E-state index in [1.165, 1.54) is 6.07 Å². The van der Waals surface area contributed by atoms with Crippen LogP contribution in [0, 0.1) is 34.1 Å². The van der Waals surface area contributed by atoms with Gasteiger partial charge in [-0.05, 0) is 31.5 Å². The number of nitro benzene ring substituents is 2. The number of nitro groups is 2. The molecule has 0 amide bonds. The molecule has 0 saturated carbocycles. The lowest BCUT2D eigenvalue weighted by molar-refractivity contribution is -0.394. The van der Waals surface area contributed by atoms with Crippen LogP contribution in [0.25, 0.3) is 11.3 Å². The Hall–Kier alpha value is -4.21. The van der Waals surface area contributed by atoms with Gasteiger partial charge in [0.05, 0.1) is 27.2 Å². The summed E-state index contributed by atoms with van der Waals surface area (Å²) in [5.74, 6) is -1.16. The molecule has 0 aliphatic heterocycles. The molecule has 0 radical (unpaired) electrons. The van der Waals surface area contributed by atoms with E-state index in [0.717, 1.165) is 34.9 Å². The van der Waals surface area contributed by atoms with Crippen LogP contribution in [-0.2, 0) is 0 Å². The largest absolute Gasteiger partial charge is 0.402 e. The number of esters is 1. The minimum atomic E-state index is -1.02. The van der Waals surface area contributed by atoms with Gasteiger partial charge in [0.2, 0.25) is 5.88 Å². The number of benzene rings is 2. The van der Waals surface area contributed by atoms with Crippen molar-refractivity contribution in [2.24, 2.45) is 0 Å². The van der Waals surface area contributed by atoms with E-state index in [0.29, 0.717) is 5.69 Å². The number of non-ortho nitro benzene ring substituents is 2. The molecule has 0 aliphatic carbocycles. The molecule has 0 aliphatic rings. The highest BCUT2D eigenvalue weighted by Crippen LogP contribution is 2.25. The van der Waals surface area contributed by atoms with E-state index in [2.05, 4.69) is 10.2 Å². The van der Waals surface area contributed by atoms with Gasteiger partial charge in [-0.1, -0.05) is 17.7 Å². The summed E-state index contributed by atoms with van der Waals surface area (Å²) in [5.41, 5.74) is 1.98. The van der Waals surface area contributed by atoms with Crippen LogP contribution in [0.2, 0.25) is 0 Å². The maximum atomic E-state index is 12.3. The molecule has 29 heavy (non-hydrogen) atoms. The molecule has 0 spiro atoms. The lowest BCUT2D eigenvalue weighted by atomic mass is 10.0. The van der Waals surface area contributed by atoms with Crippen molar-refractivity contribution in [1.82, 2.24) is 10.2 Å². The summed E-state index contributed by atoms with van der Waals surface area (Å²) in [7, 11) is 0. The fraction of sp³-hybridized carbons (Fsp3) is 0.105. The average molecular weight is 394 g/mol. The summed E-state index contributed by atoms with van der Waals surface area (Å²) in [6, 6.07) is 11.5. The average Bonchev–Trinajstić information content (AvgIpc) is 2.70. The zero-order valence-corrected chi connectivity index (χ0v) is 15.4. The van der Waals surface area contributed by atoms with Crippen LogP contribution in [0.5, 0.6) is 5.88 Å². The summed E-state index contributed by atoms with van der Waals surface area (Å²) in [6.07, 6.45) is 0. The fourth-order valence-electron chi connectivity index (χ4n) is 2.61. The molecule has 10 nitrogen and oxygen atoms in total. The van der Waals surface area contributed by atoms with Crippen molar-refractivity contribution in [3.8, 4) is 17.1 Å². The van der Waals surface area contributed by atoms with E-state index in [9.17, 15) is 25.0 Å². The van der Waals surface area contributed by atoms with Crippen LogP contribution in [0.15, 0.2) is 48.5 Å². The van der Waals surface area contributed by atoms with E-state index in [-0.39, 0.29) is 11.4 Å². The number of rotatable bonds is 5. The molecule has 0 atom stereocenters. The minimum Gasteiger partial charge on any atom is -0.402 e. The van der Waals surface area contributed by atoms with Gasteiger partial charge in [0, 0.05) is 23.8 Å². The first kappa shape index (κ1) is 19.5. The third kappa shape index (κ3) is 4.38. The molecule has 3 rings (SSSR count). The summed E-state index contributed by atoms with van der Waals surface area (Å²) >= 11 is 0. The fourth-order valence-corrected chi connectivity index (χ4v) is 2.61. The Bertz CT molecular complexity index is 1100. The number of carbonyl (C=O) groups excluding carboxylic acids is 1. The molecule has 2 aromatic carbocycles. The number of nitrogens with zero attached hydrogens (tertiary/aromatic N) is 4. The van der Waals surface area contributed by atoms with Crippen molar-refractivity contribution in [1.29, 1.82) is 0 Å². The lowest BCUT2D eigenvalue weighted by Crippen LogP contribution is -2.11. The SMILES string of the molecule is Cc1ccc(C)c(-c2ccc(OC(=O)c3cc([N+](=O)[O-])cc([N+](=O)[O-])c3)nn2)c1. The van der Waals surface area contributed by atoms with Crippen molar-refractivity contribution < 1.29 is 19.4 Å². The maximum Gasteiger partial charge on any atom is 0.345 e. The number of hydrogen-bond acceptors (Lipinski definition) is 8. The van der Waals surface area contributed by atoms with E-state index < -0.39 is 27.2 Å². The molecule has 1 aromatic heterocycles. The molecule has 10 heteroatoms. The summed E-state index contributed by atoms with van der Waals surface area (Å²) < 4.78 is 5.06. The smallest absolute Gasteiger partial charge is 0.345 e. The summed E-state index contributed by atoms with van der Waals surface area (Å²) in [6.45, 7) is 3.88. The van der Waals surface area contributed by atoms with Gasteiger partial charge in [0.1, 0.15) is 0 Å². The molecule has 0 bridgehead atoms. The van der Waals surface area contributed by atoms with Gasteiger partial charge in [-0.15, -0.1) is 10.2 Å². The second-order valence-electron chi connectivity index (χ2n) is 6.22. The first-order valence-electron chi connectivity index (χ1n) is 8.32. The van der Waals surface area contributed by atoms with Gasteiger partial charge in [-0.25, -0.2) is 4.79 Å². The Balaban J connectivity index is 1.85. The number of aryl methyl sites for hydroxylation is 2.